The van der Waals surface area contributed by atoms with Crippen LogP contribution in [0.2, 0.25) is 5.04 Å². The van der Waals surface area contributed by atoms with Crippen molar-refractivity contribution in [2.24, 2.45) is 0 Å². The fraction of sp³-hybridized carbons (Fsp3) is 0.394. The predicted molar refractivity (Wildman–Crippen MR) is 162 cm³/mol. The van der Waals surface area contributed by atoms with Crippen molar-refractivity contribution in [2.45, 2.75) is 77.7 Å². The molecule has 0 heterocycles. The maximum Gasteiger partial charge on any atom is 0.407 e. The second kappa shape index (κ2) is 13.8. The number of esters is 1. The second-order valence-corrected chi connectivity index (χ2v) is 16.3. The molecule has 1 N–H and O–H groups in total. The monoisotopic (exact) mass is 561 g/mol. The molecule has 0 aromatic heterocycles. The Hall–Kier alpha value is -3.42. The van der Waals surface area contributed by atoms with Gasteiger partial charge in [0.25, 0.3) is 8.32 Å². The summed E-state index contributed by atoms with van der Waals surface area (Å²) in [7, 11) is -2.84. The Kier molecular flexibility index (Phi) is 10.7. The minimum atomic E-state index is -2.84. The van der Waals surface area contributed by atoms with E-state index in [0.29, 0.717) is 6.42 Å². The molecule has 7 heteroatoms. The van der Waals surface area contributed by atoms with Crippen LogP contribution in [0.25, 0.3) is 0 Å². The van der Waals surface area contributed by atoms with Gasteiger partial charge in [0, 0.05) is 6.42 Å². The zero-order valence-electron chi connectivity index (χ0n) is 24.6. The van der Waals surface area contributed by atoms with Gasteiger partial charge in [-0.1, -0.05) is 112 Å². The molecule has 3 aromatic rings. The molecular weight excluding hydrogens is 518 g/mol. The van der Waals surface area contributed by atoms with Gasteiger partial charge in [-0.25, -0.2) is 4.79 Å². The molecule has 0 aliphatic rings. The third-order valence-electron chi connectivity index (χ3n) is 6.57. The van der Waals surface area contributed by atoms with Gasteiger partial charge in [0.05, 0.1) is 12.6 Å². The van der Waals surface area contributed by atoms with Gasteiger partial charge in [-0.2, -0.15) is 0 Å². The third kappa shape index (κ3) is 8.79. The Morgan fingerprint density at radius 3 is 1.75 bits per heavy atom. The average molecular weight is 562 g/mol. The van der Waals surface area contributed by atoms with Crippen LogP contribution in [-0.2, 0) is 25.3 Å². The van der Waals surface area contributed by atoms with Crippen LogP contribution in [-0.4, -0.2) is 38.6 Å². The summed E-state index contributed by atoms with van der Waals surface area (Å²) in [5.74, 6) is -0.317. The number of alkyl carbamates (subject to hydrolysis) is 1. The second-order valence-electron chi connectivity index (χ2n) is 12.0. The van der Waals surface area contributed by atoms with Crippen LogP contribution >= 0.6 is 0 Å². The first-order valence-corrected chi connectivity index (χ1v) is 15.8. The first-order chi connectivity index (χ1) is 18.9. The van der Waals surface area contributed by atoms with E-state index in [1.165, 1.54) is 0 Å². The van der Waals surface area contributed by atoms with Crippen molar-refractivity contribution in [1.82, 2.24) is 5.32 Å². The molecule has 0 radical (unpaired) electrons. The van der Waals surface area contributed by atoms with Gasteiger partial charge in [-0.15, -0.1) is 0 Å². The van der Waals surface area contributed by atoms with Crippen LogP contribution in [0, 0.1) is 0 Å². The Bertz CT molecular complexity index is 1160. The van der Waals surface area contributed by atoms with Crippen molar-refractivity contribution in [3.8, 4) is 0 Å². The number of benzene rings is 3. The number of rotatable bonds is 11. The Morgan fingerprint density at radius 1 is 0.775 bits per heavy atom. The van der Waals surface area contributed by atoms with Crippen molar-refractivity contribution in [3.05, 3.63) is 96.6 Å². The highest BCUT2D eigenvalue weighted by atomic mass is 28.4. The number of hydrogen-bond donors (Lipinski definition) is 1. The summed E-state index contributed by atoms with van der Waals surface area (Å²) in [4.78, 5) is 25.4. The fourth-order valence-corrected chi connectivity index (χ4v) is 9.41. The summed E-state index contributed by atoms with van der Waals surface area (Å²) in [6, 6.07) is 29.7. The molecule has 6 nitrogen and oxygen atoms in total. The van der Waals surface area contributed by atoms with Crippen molar-refractivity contribution in [1.29, 1.82) is 0 Å². The molecule has 1 amide bonds. The topological polar surface area (TPSA) is 73.9 Å². The van der Waals surface area contributed by atoms with Crippen LogP contribution < -0.4 is 15.7 Å². The lowest BCUT2D eigenvalue weighted by atomic mass is 10.1. The van der Waals surface area contributed by atoms with Gasteiger partial charge < -0.3 is 19.2 Å². The molecule has 0 saturated heterocycles. The maximum absolute atomic E-state index is 12.9. The molecule has 0 saturated carbocycles. The minimum absolute atomic E-state index is 0.144. The van der Waals surface area contributed by atoms with E-state index in [9.17, 15) is 9.59 Å². The van der Waals surface area contributed by atoms with E-state index in [1.807, 2.05) is 87.5 Å². The summed E-state index contributed by atoms with van der Waals surface area (Å²) >= 11 is 0. The lowest BCUT2D eigenvalue weighted by molar-refractivity contribution is -0.155. The van der Waals surface area contributed by atoms with E-state index in [1.54, 1.807) is 0 Å². The SMILES string of the molecule is CC(C)(C)OC(=O)CC[C@@H](CO[Si](c1ccccc1)(c1ccccc1)C(C)(C)C)NC(=O)OCc1ccccc1. The molecule has 1 atom stereocenters. The predicted octanol–water partition coefficient (Wildman–Crippen LogP) is 5.98. The number of nitrogens with one attached hydrogen (secondary N) is 1. The summed E-state index contributed by atoms with van der Waals surface area (Å²) in [6.07, 6.45) is -0.0532. The smallest absolute Gasteiger partial charge is 0.407 e. The normalized spacial score (nSPS) is 12.8. The number of amides is 1. The minimum Gasteiger partial charge on any atom is -0.460 e. The molecule has 0 spiro atoms. The van der Waals surface area contributed by atoms with Crippen LogP contribution in [0.4, 0.5) is 4.79 Å². The van der Waals surface area contributed by atoms with Crippen molar-refractivity contribution in [3.63, 3.8) is 0 Å². The van der Waals surface area contributed by atoms with Gasteiger partial charge in [0.1, 0.15) is 12.2 Å². The molecule has 0 aliphatic carbocycles. The van der Waals surface area contributed by atoms with Crippen LogP contribution in [0.1, 0.15) is 59.9 Å². The van der Waals surface area contributed by atoms with Crippen LogP contribution in [0.15, 0.2) is 91.0 Å². The molecular formula is C33H43NO5Si. The fourth-order valence-electron chi connectivity index (χ4n) is 4.80. The van der Waals surface area contributed by atoms with Crippen LogP contribution in [0.3, 0.4) is 0 Å². The summed E-state index contributed by atoms with van der Waals surface area (Å²) in [6.45, 7) is 12.5. The maximum atomic E-state index is 12.9. The van der Waals surface area contributed by atoms with E-state index < -0.39 is 26.1 Å². The van der Waals surface area contributed by atoms with E-state index in [4.69, 9.17) is 13.9 Å². The lowest BCUT2D eigenvalue weighted by Crippen LogP contribution is -2.67. The van der Waals surface area contributed by atoms with E-state index in [0.717, 1.165) is 15.9 Å². The summed E-state index contributed by atoms with van der Waals surface area (Å²) in [5.41, 5.74) is 0.312. The largest absolute Gasteiger partial charge is 0.460 e. The molecule has 40 heavy (non-hydrogen) atoms. The van der Waals surface area contributed by atoms with E-state index >= 15 is 0 Å². The molecule has 0 fully saturated rings. The molecule has 0 aliphatic heterocycles. The Morgan fingerprint density at radius 2 is 1.27 bits per heavy atom. The highest BCUT2D eigenvalue weighted by Crippen LogP contribution is 2.37. The number of carbonyl (C=O) groups is 2. The standard InChI is InChI=1S/C33H43NO5Si/c1-32(2,3)39-30(35)23-22-27(34-31(36)37-24-26-16-10-7-11-17-26)25-38-40(33(4,5)6,28-18-12-8-13-19-28)29-20-14-9-15-21-29/h7-21,27H,22-25H2,1-6H3,(H,34,36)/t27-/m0/s1. The number of hydrogen-bond acceptors (Lipinski definition) is 5. The summed E-state index contributed by atoms with van der Waals surface area (Å²) < 4.78 is 18.1. The molecule has 3 aromatic carbocycles. The quantitative estimate of drug-likeness (QED) is 0.230. The van der Waals surface area contributed by atoms with Gasteiger partial charge in [-0.05, 0) is 48.2 Å². The van der Waals surface area contributed by atoms with Crippen molar-refractivity contribution in [2.75, 3.05) is 6.61 Å². The highest BCUT2D eigenvalue weighted by Gasteiger charge is 2.50. The summed E-state index contributed by atoms with van der Waals surface area (Å²) in [5, 5.41) is 5.03. The van der Waals surface area contributed by atoms with Crippen molar-refractivity contribution >= 4 is 30.8 Å². The van der Waals surface area contributed by atoms with Crippen LogP contribution in [0.5, 0.6) is 0 Å². The van der Waals surface area contributed by atoms with E-state index in [-0.39, 0.29) is 30.6 Å². The Balaban J connectivity index is 1.86. The zero-order valence-corrected chi connectivity index (χ0v) is 25.6. The number of ether oxygens (including phenoxy) is 2. The van der Waals surface area contributed by atoms with Gasteiger partial charge in [0.2, 0.25) is 0 Å². The first kappa shape index (κ1) is 31.1. The first-order valence-electron chi connectivity index (χ1n) is 13.8. The average Bonchev–Trinajstić information content (AvgIpc) is 2.91. The van der Waals surface area contributed by atoms with Gasteiger partial charge in [0.15, 0.2) is 0 Å². The molecule has 3 rings (SSSR count). The molecule has 214 valence electrons. The third-order valence-corrected chi connectivity index (χ3v) is 11.6. The van der Waals surface area contributed by atoms with Crippen molar-refractivity contribution < 1.29 is 23.5 Å². The number of carbonyl (C=O) groups excluding carboxylic acids is 2. The van der Waals surface area contributed by atoms with E-state index in [2.05, 4.69) is 50.4 Å². The molecule has 0 bridgehead atoms. The van der Waals surface area contributed by atoms with Gasteiger partial charge >= 0.3 is 12.1 Å². The lowest BCUT2D eigenvalue weighted by Gasteiger charge is -2.43. The Labute approximate surface area is 240 Å². The highest BCUT2D eigenvalue weighted by molar-refractivity contribution is 6.99. The van der Waals surface area contributed by atoms with Gasteiger partial charge in [-0.3, -0.25) is 4.79 Å². The molecule has 0 unspecified atom stereocenters. The zero-order chi connectivity index (χ0) is 29.2.